The Morgan fingerprint density at radius 3 is 2.62 bits per heavy atom. The first kappa shape index (κ1) is 19.8. The number of nitrogen functional groups attached to an aromatic ring is 1. The summed E-state index contributed by atoms with van der Waals surface area (Å²) in [4.78, 5) is 4.32. The number of nitrogens with two attached hydrogens (primary N) is 1. The van der Waals surface area contributed by atoms with Crippen molar-refractivity contribution in [1.29, 1.82) is 5.26 Å². The number of aliphatic hydroxyl groups excluding tert-OH is 1. The van der Waals surface area contributed by atoms with Crippen molar-refractivity contribution >= 4 is 18.0 Å². The summed E-state index contributed by atoms with van der Waals surface area (Å²) in [6.07, 6.45) is -0.759. The van der Waals surface area contributed by atoms with Gasteiger partial charge in [-0.05, 0) is 29.9 Å². The first-order valence-corrected chi connectivity index (χ1v) is 8.35. The smallest absolute Gasteiger partial charge is 0.182 e. The van der Waals surface area contributed by atoms with Gasteiger partial charge in [0, 0.05) is 27.2 Å². The summed E-state index contributed by atoms with van der Waals surface area (Å²) in [5, 5.41) is 22.5. The van der Waals surface area contributed by atoms with E-state index in [4.69, 9.17) is 18.0 Å². The van der Waals surface area contributed by atoms with E-state index in [0.29, 0.717) is 23.3 Å². The van der Waals surface area contributed by atoms with E-state index in [-0.39, 0.29) is 23.7 Å². The van der Waals surface area contributed by atoms with Gasteiger partial charge in [0.1, 0.15) is 23.3 Å². The summed E-state index contributed by atoms with van der Waals surface area (Å²) in [6, 6.07) is 8.16. The van der Waals surface area contributed by atoms with Gasteiger partial charge in [-0.2, -0.15) is 5.26 Å². The average molecular weight is 376 g/mol. The van der Waals surface area contributed by atoms with Crippen LogP contribution in [-0.4, -0.2) is 33.4 Å². The molecule has 0 fully saturated rings. The maximum Gasteiger partial charge on any atom is 0.182 e. The Morgan fingerprint density at radius 1 is 1.35 bits per heavy atom. The number of aromatic nitrogens is 2. The third-order valence-electron chi connectivity index (χ3n) is 3.92. The van der Waals surface area contributed by atoms with Crippen LogP contribution in [0.5, 0.6) is 0 Å². The molecule has 1 atom stereocenters. The standard InChI is InChI=1S/C17H21FN6OS/c1-23-15(20)14(7-19)16(24(2)17(23)26)22-10-13(25)9-21-8-11-3-5-12(18)6-4-11/h3-6,13,21,25H,8-10,20H2,1-2H3. The van der Waals surface area contributed by atoms with Crippen LogP contribution in [0.4, 0.5) is 10.2 Å². The van der Waals surface area contributed by atoms with Crippen LogP contribution in [0.15, 0.2) is 29.3 Å². The Hall–Kier alpha value is -2.54. The van der Waals surface area contributed by atoms with E-state index < -0.39 is 6.10 Å². The van der Waals surface area contributed by atoms with Crippen molar-refractivity contribution in [1.82, 2.24) is 14.5 Å². The maximum atomic E-state index is 12.9. The fourth-order valence-electron chi connectivity index (χ4n) is 2.40. The second-order valence-corrected chi connectivity index (χ2v) is 6.21. The second kappa shape index (κ2) is 8.71. The number of anilines is 1. The van der Waals surface area contributed by atoms with Gasteiger partial charge in [-0.3, -0.25) is 4.99 Å². The van der Waals surface area contributed by atoms with Gasteiger partial charge >= 0.3 is 0 Å². The van der Waals surface area contributed by atoms with Crippen LogP contribution >= 0.6 is 12.2 Å². The lowest BCUT2D eigenvalue weighted by atomic mass is 10.2. The molecule has 9 heteroatoms. The molecule has 2 rings (SSSR count). The van der Waals surface area contributed by atoms with Gasteiger partial charge in [0.15, 0.2) is 10.3 Å². The molecule has 26 heavy (non-hydrogen) atoms. The number of halogens is 1. The van der Waals surface area contributed by atoms with Gasteiger partial charge in [-0.1, -0.05) is 12.1 Å². The summed E-state index contributed by atoms with van der Waals surface area (Å²) in [5.41, 5.74) is 7.39. The predicted octanol–water partition coefficient (Wildman–Crippen LogP) is 0.737. The molecule has 1 aromatic carbocycles. The Bertz CT molecular complexity index is 942. The number of benzene rings is 1. The predicted molar refractivity (Wildman–Crippen MR) is 98.9 cm³/mol. The van der Waals surface area contributed by atoms with E-state index in [1.807, 2.05) is 6.07 Å². The van der Waals surface area contributed by atoms with E-state index in [0.717, 1.165) is 5.56 Å². The SMILES string of the molecule is Cn1c(N)c(C#N)c(=NCC(O)CNCc2ccc(F)cc2)n(C)c1=S. The molecule has 1 aromatic heterocycles. The quantitative estimate of drug-likeness (QED) is 0.645. The van der Waals surface area contributed by atoms with Crippen molar-refractivity contribution < 1.29 is 9.50 Å². The fourth-order valence-corrected chi connectivity index (χ4v) is 2.59. The van der Waals surface area contributed by atoms with Gasteiger partial charge in [0.25, 0.3) is 0 Å². The molecule has 0 spiro atoms. The first-order chi connectivity index (χ1) is 12.3. The summed E-state index contributed by atoms with van der Waals surface area (Å²) in [7, 11) is 3.37. The molecule has 138 valence electrons. The van der Waals surface area contributed by atoms with Crippen LogP contribution in [-0.2, 0) is 20.6 Å². The fraction of sp³-hybridized carbons (Fsp3) is 0.353. The normalized spacial score (nSPS) is 12.8. The zero-order valence-electron chi connectivity index (χ0n) is 14.6. The van der Waals surface area contributed by atoms with Crippen molar-refractivity contribution in [2.45, 2.75) is 12.6 Å². The highest BCUT2D eigenvalue weighted by atomic mass is 32.1. The van der Waals surface area contributed by atoms with Gasteiger partial charge in [-0.15, -0.1) is 0 Å². The van der Waals surface area contributed by atoms with Gasteiger partial charge in [0.05, 0.1) is 12.6 Å². The lowest BCUT2D eigenvalue weighted by molar-refractivity contribution is 0.178. The number of nitriles is 1. The third-order valence-corrected chi connectivity index (χ3v) is 4.47. The zero-order chi connectivity index (χ0) is 19.3. The molecule has 0 aliphatic heterocycles. The molecule has 0 saturated carbocycles. The summed E-state index contributed by atoms with van der Waals surface area (Å²) in [6.45, 7) is 0.878. The topological polar surface area (TPSA) is 104 Å². The number of hydrogen-bond donors (Lipinski definition) is 3. The molecule has 7 nitrogen and oxygen atoms in total. The number of rotatable bonds is 6. The molecule has 0 saturated heterocycles. The minimum Gasteiger partial charge on any atom is -0.390 e. The molecular formula is C17H21FN6OS. The summed E-state index contributed by atoms with van der Waals surface area (Å²) in [5.74, 6) is -0.0522. The van der Waals surface area contributed by atoms with Gasteiger partial charge in [0.2, 0.25) is 0 Å². The lowest BCUT2D eigenvalue weighted by Gasteiger charge is -2.13. The molecule has 0 amide bonds. The number of hydrogen-bond acceptors (Lipinski definition) is 6. The van der Waals surface area contributed by atoms with Crippen LogP contribution in [0.2, 0.25) is 0 Å². The summed E-state index contributed by atoms with van der Waals surface area (Å²) < 4.78 is 16.4. The molecule has 0 radical (unpaired) electrons. The molecule has 2 aromatic rings. The van der Waals surface area contributed by atoms with E-state index in [1.165, 1.54) is 16.7 Å². The summed E-state index contributed by atoms with van der Waals surface area (Å²) >= 11 is 5.27. The maximum absolute atomic E-state index is 12.9. The number of nitrogens with zero attached hydrogens (tertiary/aromatic N) is 4. The molecule has 4 N–H and O–H groups in total. The molecule has 0 bridgehead atoms. The molecular weight excluding hydrogens is 355 g/mol. The minimum absolute atomic E-state index is 0.0842. The van der Waals surface area contributed by atoms with Crippen molar-refractivity contribution in [2.75, 3.05) is 18.8 Å². The van der Waals surface area contributed by atoms with Gasteiger partial charge in [-0.25, -0.2) is 4.39 Å². The van der Waals surface area contributed by atoms with E-state index in [1.54, 1.807) is 30.8 Å². The minimum atomic E-state index is -0.759. The Morgan fingerprint density at radius 2 is 2.00 bits per heavy atom. The molecule has 1 heterocycles. The zero-order valence-corrected chi connectivity index (χ0v) is 15.4. The molecule has 0 aliphatic carbocycles. The van der Waals surface area contributed by atoms with Crippen LogP contribution < -0.4 is 16.5 Å². The van der Waals surface area contributed by atoms with E-state index in [2.05, 4.69) is 10.3 Å². The van der Waals surface area contributed by atoms with Crippen molar-refractivity contribution in [3.05, 3.63) is 51.5 Å². The van der Waals surface area contributed by atoms with Crippen LogP contribution in [0, 0.1) is 21.9 Å². The number of nitrogens with one attached hydrogen (secondary N) is 1. The van der Waals surface area contributed by atoms with Gasteiger partial charge < -0.3 is 25.3 Å². The van der Waals surface area contributed by atoms with Crippen molar-refractivity contribution in [3.8, 4) is 6.07 Å². The third kappa shape index (κ3) is 4.54. The van der Waals surface area contributed by atoms with E-state index >= 15 is 0 Å². The lowest BCUT2D eigenvalue weighted by Crippen LogP contribution is -2.32. The van der Waals surface area contributed by atoms with Crippen LogP contribution in [0.1, 0.15) is 11.1 Å². The van der Waals surface area contributed by atoms with Crippen molar-refractivity contribution in [2.24, 2.45) is 19.1 Å². The first-order valence-electron chi connectivity index (χ1n) is 7.94. The Balaban J connectivity index is 2.06. The highest BCUT2D eigenvalue weighted by Gasteiger charge is 2.10. The Labute approximate surface area is 155 Å². The second-order valence-electron chi connectivity index (χ2n) is 5.85. The van der Waals surface area contributed by atoms with Crippen LogP contribution in [0.25, 0.3) is 0 Å². The number of aliphatic hydroxyl groups is 1. The Kier molecular flexibility index (Phi) is 6.63. The average Bonchev–Trinajstić information content (AvgIpc) is 2.63. The monoisotopic (exact) mass is 376 g/mol. The van der Waals surface area contributed by atoms with Crippen LogP contribution in [0.3, 0.4) is 0 Å². The molecule has 0 aliphatic rings. The molecule has 1 unspecified atom stereocenters. The highest BCUT2D eigenvalue weighted by Crippen LogP contribution is 2.05. The largest absolute Gasteiger partial charge is 0.390 e. The highest BCUT2D eigenvalue weighted by molar-refractivity contribution is 7.71. The van der Waals surface area contributed by atoms with Crippen molar-refractivity contribution in [3.63, 3.8) is 0 Å². The van der Waals surface area contributed by atoms with E-state index in [9.17, 15) is 14.8 Å².